The van der Waals surface area contributed by atoms with E-state index in [9.17, 15) is 0 Å². The third kappa shape index (κ3) is 1.81. The smallest absolute Gasteiger partial charge is 0.0627 e. The lowest BCUT2D eigenvalue weighted by Gasteiger charge is -2.14. The van der Waals surface area contributed by atoms with Crippen molar-refractivity contribution in [2.75, 3.05) is 0 Å². The molecule has 1 atom stereocenters. The first-order chi connectivity index (χ1) is 6.38. The zero-order valence-corrected chi connectivity index (χ0v) is 7.91. The Labute approximate surface area is 82.8 Å². The molecule has 66 valence electrons. The first kappa shape index (κ1) is 8.52. The van der Waals surface area contributed by atoms with E-state index in [1.807, 2.05) is 6.07 Å². The van der Waals surface area contributed by atoms with Crippen LogP contribution in [0.5, 0.6) is 0 Å². The van der Waals surface area contributed by atoms with Gasteiger partial charge in [-0.05, 0) is 18.1 Å². The van der Waals surface area contributed by atoms with Gasteiger partial charge in [0.15, 0.2) is 0 Å². The summed E-state index contributed by atoms with van der Waals surface area (Å²) in [5.41, 5.74) is 1.16. The molecule has 1 heterocycles. The van der Waals surface area contributed by atoms with Gasteiger partial charge < -0.3 is 0 Å². The lowest BCUT2D eigenvalue weighted by Crippen LogP contribution is -1.97. The minimum atomic E-state index is 0.417. The maximum atomic E-state index is 6.04. The van der Waals surface area contributed by atoms with E-state index in [4.69, 9.17) is 11.6 Å². The van der Waals surface area contributed by atoms with Gasteiger partial charge in [-0.25, -0.2) is 0 Å². The number of hydrogen-bond acceptors (Lipinski definition) is 1. The summed E-state index contributed by atoms with van der Waals surface area (Å²) in [4.78, 5) is 3.97. The van der Waals surface area contributed by atoms with Crippen molar-refractivity contribution in [3.05, 3.63) is 53.4 Å². The fraction of sp³-hybridized carbons (Fsp3) is 0.182. The average molecular weight is 192 g/mol. The topological polar surface area (TPSA) is 12.9 Å². The number of pyridine rings is 1. The predicted molar refractivity (Wildman–Crippen MR) is 54.9 cm³/mol. The van der Waals surface area contributed by atoms with Crippen molar-refractivity contribution in [1.82, 2.24) is 4.98 Å². The third-order valence-electron chi connectivity index (χ3n) is 2.18. The third-order valence-corrected chi connectivity index (χ3v) is 2.50. The highest BCUT2D eigenvalue weighted by molar-refractivity contribution is 6.31. The lowest BCUT2D eigenvalue weighted by molar-refractivity contribution is 0.851. The Bertz CT molecular complexity index is 355. The van der Waals surface area contributed by atoms with Crippen LogP contribution in [0.3, 0.4) is 0 Å². The van der Waals surface area contributed by atoms with Crippen LogP contribution < -0.4 is 0 Å². The molecule has 1 aromatic heterocycles. The van der Waals surface area contributed by atoms with Crippen molar-refractivity contribution < 1.29 is 0 Å². The number of allylic oxidation sites excluding steroid dienone is 4. The van der Waals surface area contributed by atoms with Crippen molar-refractivity contribution in [3.63, 3.8) is 0 Å². The standard InChI is InChI=1S/C11H10ClN/c12-11-8-13-7-6-10(11)9-4-2-1-3-5-9/h1-4,6-9H,5H2. The summed E-state index contributed by atoms with van der Waals surface area (Å²) in [6.45, 7) is 0. The van der Waals surface area contributed by atoms with E-state index >= 15 is 0 Å². The highest BCUT2D eigenvalue weighted by Gasteiger charge is 2.11. The summed E-state index contributed by atoms with van der Waals surface area (Å²) in [6.07, 6.45) is 13.0. The van der Waals surface area contributed by atoms with E-state index in [2.05, 4.69) is 29.3 Å². The second kappa shape index (κ2) is 3.75. The van der Waals surface area contributed by atoms with Crippen LogP contribution in [0.15, 0.2) is 42.8 Å². The molecule has 13 heavy (non-hydrogen) atoms. The number of rotatable bonds is 1. The molecule has 0 saturated carbocycles. The van der Waals surface area contributed by atoms with Gasteiger partial charge in [-0.15, -0.1) is 0 Å². The molecule has 1 nitrogen and oxygen atoms in total. The van der Waals surface area contributed by atoms with Gasteiger partial charge >= 0.3 is 0 Å². The number of aromatic nitrogens is 1. The first-order valence-electron chi connectivity index (χ1n) is 4.30. The summed E-state index contributed by atoms with van der Waals surface area (Å²) < 4.78 is 0. The Morgan fingerprint density at radius 1 is 1.38 bits per heavy atom. The molecule has 0 fully saturated rings. The molecule has 0 bridgehead atoms. The maximum Gasteiger partial charge on any atom is 0.0627 e. The van der Waals surface area contributed by atoms with Gasteiger partial charge in [-0.3, -0.25) is 4.98 Å². The Hall–Kier alpha value is -1.08. The van der Waals surface area contributed by atoms with Gasteiger partial charge in [-0.1, -0.05) is 35.9 Å². The molecule has 2 rings (SSSR count). The molecular formula is C11H10ClN. The first-order valence-corrected chi connectivity index (χ1v) is 4.68. The molecule has 1 aliphatic rings. The molecule has 2 heteroatoms. The summed E-state index contributed by atoms with van der Waals surface area (Å²) in [5, 5.41) is 0.757. The van der Waals surface area contributed by atoms with Crippen LogP contribution in [0.1, 0.15) is 17.9 Å². The molecule has 1 aromatic rings. The minimum Gasteiger partial charge on any atom is -0.263 e. The molecule has 1 aliphatic carbocycles. The van der Waals surface area contributed by atoms with E-state index in [-0.39, 0.29) is 0 Å². The molecular weight excluding hydrogens is 182 g/mol. The Morgan fingerprint density at radius 2 is 2.31 bits per heavy atom. The van der Waals surface area contributed by atoms with E-state index in [1.165, 1.54) is 0 Å². The summed E-state index contributed by atoms with van der Waals surface area (Å²) in [6, 6.07) is 1.98. The molecule has 0 saturated heterocycles. The van der Waals surface area contributed by atoms with Gasteiger partial charge in [0.1, 0.15) is 0 Å². The second-order valence-corrected chi connectivity index (χ2v) is 3.46. The lowest BCUT2D eigenvalue weighted by atomic mass is 9.93. The van der Waals surface area contributed by atoms with E-state index < -0.39 is 0 Å². The molecule has 1 unspecified atom stereocenters. The fourth-order valence-corrected chi connectivity index (χ4v) is 1.76. The van der Waals surface area contributed by atoms with Crippen LogP contribution in [0.4, 0.5) is 0 Å². The van der Waals surface area contributed by atoms with Crippen LogP contribution >= 0.6 is 11.6 Å². The zero-order chi connectivity index (χ0) is 9.10. The second-order valence-electron chi connectivity index (χ2n) is 3.05. The van der Waals surface area contributed by atoms with Gasteiger partial charge in [-0.2, -0.15) is 0 Å². The van der Waals surface area contributed by atoms with Gasteiger partial charge in [0.25, 0.3) is 0 Å². The quantitative estimate of drug-likeness (QED) is 0.664. The van der Waals surface area contributed by atoms with Crippen LogP contribution in [-0.4, -0.2) is 4.98 Å². The Kier molecular flexibility index (Phi) is 2.46. The van der Waals surface area contributed by atoms with Crippen molar-refractivity contribution in [1.29, 1.82) is 0 Å². The largest absolute Gasteiger partial charge is 0.263 e. The van der Waals surface area contributed by atoms with Crippen molar-refractivity contribution in [2.45, 2.75) is 12.3 Å². The SMILES string of the molecule is Clc1cnccc1C1C=CC=CC1. The van der Waals surface area contributed by atoms with Crippen LogP contribution in [0.2, 0.25) is 5.02 Å². The monoisotopic (exact) mass is 191 g/mol. The highest BCUT2D eigenvalue weighted by atomic mass is 35.5. The van der Waals surface area contributed by atoms with E-state index in [1.54, 1.807) is 12.4 Å². The van der Waals surface area contributed by atoms with Gasteiger partial charge in [0, 0.05) is 18.3 Å². The van der Waals surface area contributed by atoms with Crippen molar-refractivity contribution in [2.24, 2.45) is 0 Å². The normalized spacial score (nSPS) is 20.5. The maximum absolute atomic E-state index is 6.04. The van der Waals surface area contributed by atoms with Gasteiger partial charge in [0.05, 0.1) is 5.02 Å². The average Bonchev–Trinajstić information content (AvgIpc) is 2.20. The van der Waals surface area contributed by atoms with Crippen LogP contribution in [-0.2, 0) is 0 Å². The Balaban J connectivity index is 2.30. The number of hydrogen-bond donors (Lipinski definition) is 0. The summed E-state index contributed by atoms with van der Waals surface area (Å²) in [7, 11) is 0. The van der Waals surface area contributed by atoms with Crippen LogP contribution in [0, 0.1) is 0 Å². The molecule has 0 aromatic carbocycles. The van der Waals surface area contributed by atoms with Crippen molar-refractivity contribution >= 4 is 11.6 Å². The Morgan fingerprint density at radius 3 is 3.00 bits per heavy atom. The molecule has 0 N–H and O–H groups in total. The molecule has 0 amide bonds. The summed E-state index contributed by atoms with van der Waals surface area (Å²) in [5.74, 6) is 0.417. The van der Waals surface area contributed by atoms with Crippen molar-refractivity contribution in [3.8, 4) is 0 Å². The van der Waals surface area contributed by atoms with E-state index in [0.717, 1.165) is 17.0 Å². The predicted octanol–water partition coefficient (Wildman–Crippen LogP) is 3.33. The number of halogens is 1. The zero-order valence-electron chi connectivity index (χ0n) is 7.15. The fourth-order valence-electron chi connectivity index (χ4n) is 1.50. The number of nitrogens with zero attached hydrogens (tertiary/aromatic N) is 1. The molecule has 0 radical (unpaired) electrons. The molecule has 0 aliphatic heterocycles. The highest BCUT2D eigenvalue weighted by Crippen LogP contribution is 2.29. The molecule has 0 spiro atoms. The summed E-state index contributed by atoms with van der Waals surface area (Å²) >= 11 is 6.04. The van der Waals surface area contributed by atoms with Gasteiger partial charge in [0.2, 0.25) is 0 Å². The van der Waals surface area contributed by atoms with Crippen LogP contribution in [0.25, 0.3) is 0 Å². The minimum absolute atomic E-state index is 0.417. The van der Waals surface area contributed by atoms with E-state index in [0.29, 0.717) is 5.92 Å².